The van der Waals surface area contributed by atoms with Crippen LogP contribution in [-0.2, 0) is 9.59 Å². The van der Waals surface area contributed by atoms with E-state index in [1.165, 1.54) is 5.57 Å². The minimum Gasteiger partial charge on any atom is -0.481 e. The predicted molar refractivity (Wildman–Crippen MR) is 135 cm³/mol. The zero-order valence-corrected chi connectivity index (χ0v) is 22.6. The summed E-state index contributed by atoms with van der Waals surface area (Å²) >= 11 is 0. The van der Waals surface area contributed by atoms with E-state index in [4.69, 9.17) is 0 Å². The van der Waals surface area contributed by atoms with E-state index in [2.05, 4.69) is 33.8 Å². The summed E-state index contributed by atoms with van der Waals surface area (Å²) < 4.78 is 0. The Hall–Kier alpha value is -1.36. The molecule has 3 N–H and O–H groups in total. The van der Waals surface area contributed by atoms with Crippen LogP contribution in [0.3, 0.4) is 0 Å². The molecule has 196 valence electrons. The summed E-state index contributed by atoms with van der Waals surface area (Å²) in [6, 6.07) is 0. The van der Waals surface area contributed by atoms with E-state index in [9.17, 15) is 24.9 Å². The lowest BCUT2D eigenvalue weighted by Gasteiger charge is -2.71. The summed E-state index contributed by atoms with van der Waals surface area (Å²) in [7, 11) is 0. The van der Waals surface area contributed by atoms with Crippen LogP contribution in [0.5, 0.6) is 0 Å². The molecule has 0 amide bonds. The van der Waals surface area contributed by atoms with Crippen molar-refractivity contribution in [2.45, 2.75) is 112 Å². The van der Waals surface area contributed by atoms with Gasteiger partial charge in [0.2, 0.25) is 0 Å². The molecule has 35 heavy (non-hydrogen) atoms. The molecule has 0 aromatic carbocycles. The summed E-state index contributed by atoms with van der Waals surface area (Å²) in [5.41, 5.74) is -0.168. The van der Waals surface area contributed by atoms with Crippen molar-refractivity contribution >= 4 is 11.9 Å². The Morgan fingerprint density at radius 1 is 0.829 bits per heavy atom. The fourth-order valence-electron chi connectivity index (χ4n) is 10.5. The molecule has 0 aliphatic heterocycles. The largest absolute Gasteiger partial charge is 0.481 e. The first-order valence-corrected chi connectivity index (χ1v) is 13.9. The summed E-state index contributed by atoms with van der Waals surface area (Å²) in [5, 5.41) is 31.2. The van der Waals surface area contributed by atoms with Gasteiger partial charge in [0.15, 0.2) is 0 Å². The average molecular weight is 487 g/mol. The molecule has 10 atom stereocenters. The first-order valence-electron chi connectivity index (χ1n) is 13.9. The maximum atomic E-state index is 12.5. The van der Waals surface area contributed by atoms with Crippen LogP contribution in [0, 0.1) is 50.2 Å². The van der Waals surface area contributed by atoms with Crippen molar-refractivity contribution < 1.29 is 24.9 Å². The topological polar surface area (TPSA) is 94.8 Å². The molecule has 0 unspecified atom stereocenters. The van der Waals surface area contributed by atoms with Crippen LogP contribution in [0.15, 0.2) is 11.6 Å². The second kappa shape index (κ2) is 7.36. The van der Waals surface area contributed by atoms with E-state index in [0.29, 0.717) is 18.3 Å². The van der Waals surface area contributed by atoms with Crippen LogP contribution in [0.25, 0.3) is 0 Å². The third-order valence-electron chi connectivity index (χ3n) is 13.4. The van der Waals surface area contributed by atoms with Crippen molar-refractivity contribution in [3.8, 4) is 0 Å². The molecule has 4 saturated carbocycles. The number of rotatable bonds is 2. The Labute approximate surface area is 210 Å². The molecular formula is C30H46O5. The zero-order valence-electron chi connectivity index (χ0n) is 22.6. The van der Waals surface area contributed by atoms with Gasteiger partial charge in [-0.2, -0.15) is 0 Å². The monoisotopic (exact) mass is 486 g/mol. The second-order valence-corrected chi connectivity index (χ2v) is 14.7. The molecule has 0 spiro atoms. The summed E-state index contributed by atoms with van der Waals surface area (Å²) in [6.07, 6.45) is 10.6. The minimum atomic E-state index is -1.10. The smallest absolute Gasteiger partial charge is 0.312 e. The minimum absolute atomic E-state index is 0.000511. The lowest BCUT2D eigenvalue weighted by atomic mass is 9.33. The third kappa shape index (κ3) is 2.97. The Morgan fingerprint density at radius 2 is 1.49 bits per heavy atom. The number of aliphatic hydroxyl groups is 1. The highest BCUT2D eigenvalue weighted by Crippen LogP contribution is 2.75. The Balaban J connectivity index is 1.58. The van der Waals surface area contributed by atoms with Crippen LogP contribution in [-0.4, -0.2) is 33.4 Å². The Bertz CT molecular complexity index is 987. The standard InChI is InChI=1S/C30H46O5/c1-25-13-14-26(2,23(32)33)17-19(25)18-7-8-20-27(3)11-10-22(31)30(6,24(34)35)21(27)9-12-29(20,5)28(18,4)16-15-25/h7,19-22,31H,8-17H2,1-6H3,(H,32,33)(H,34,35)/t19-,20+,21+,22+,25+,26+,27+,28+,29+,30-/m0/s1. The van der Waals surface area contributed by atoms with Crippen LogP contribution < -0.4 is 0 Å². The lowest BCUT2D eigenvalue weighted by Crippen LogP contribution is -2.66. The fraction of sp³-hybridized carbons (Fsp3) is 0.867. The van der Waals surface area contributed by atoms with Gasteiger partial charge in [-0.1, -0.05) is 39.3 Å². The van der Waals surface area contributed by atoms with Crippen LogP contribution in [0.2, 0.25) is 0 Å². The summed E-state index contributed by atoms with van der Waals surface area (Å²) in [4.78, 5) is 24.7. The van der Waals surface area contributed by atoms with E-state index >= 15 is 0 Å². The molecule has 0 bridgehead atoms. The molecule has 0 aromatic rings. The number of hydrogen-bond acceptors (Lipinski definition) is 3. The van der Waals surface area contributed by atoms with Gasteiger partial charge >= 0.3 is 11.9 Å². The highest BCUT2D eigenvalue weighted by molar-refractivity contribution is 5.76. The van der Waals surface area contributed by atoms with Gasteiger partial charge in [0, 0.05) is 0 Å². The van der Waals surface area contributed by atoms with Crippen molar-refractivity contribution in [1.82, 2.24) is 0 Å². The van der Waals surface area contributed by atoms with Crippen molar-refractivity contribution in [3.63, 3.8) is 0 Å². The average Bonchev–Trinajstić information content (AvgIpc) is 2.78. The molecular weight excluding hydrogens is 440 g/mol. The Kier molecular flexibility index (Phi) is 5.32. The molecule has 0 heterocycles. The van der Waals surface area contributed by atoms with Crippen molar-refractivity contribution in [2.24, 2.45) is 50.2 Å². The SMILES string of the molecule is C[C@@]1(C(=O)O)CC[C@]2(C)CC[C@]3(C)C(=CC[C@@H]4[C@@]5(C)CC[C@@H](O)[C@@](C)(C(=O)O)[C@@H]5CC[C@]43C)[C@@H]2C1. The molecule has 0 saturated heterocycles. The number of fused-ring (bicyclic) bond motifs is 7. The van der Waals surface area contributed by atoms with E-state index in [-0.39, 0.29) is 27.6 Å². The van der Waals surface area contributed by atoms with Crippen LogP contribution >= 0.6 is 0 Å². The molecule has 4 fully saturated rings. The quantitative estimate of drug-likeness (QED) is 0.398. The predicted octanol–water partition coefficient (Wildman–Crippen LogP) is 6.30. The third-order valence-corrected chi connectivity index (χ3v) is 13.4. The van der Waals surface area contributed by atoms with Gasteiger partial charge in [0.1, 0.15) is 0 Å². The normalized spacial score (nSPS) is 55.5. The molecule has 5 rings (SSSR count). The molecule has 0 radical (unpaired) electrons. The number of allylic oxidation sites excluding steroid dienone is 2. The fourth-order valence-corrected chi connectivity index (χ4v) is 10.5. The van der Waals surface area contributed by atoms with Gasteiger partial charge in [0.25, 0.3) is 0 Å². The number of carboxylic acids is 2. The molecule has 5 nitrogen and oxygen atoms in total. The molecule has 5 aliphatic carbocycles. The maximum absolute atomic E-state index is 12.5. The number of carbonyl (C=O) groups is 2. The van der Waals surface area contributed by atoms with Gasteiger partial charge in [0.05, 0.1) is 16.9 Å². The van der Waals surface area contributed by atoms with E-state index < -0.39 is 28.9 Å². The number of hydrogen-bond donors (Lipinski definition) is 3. The Morgan fingerprint density at radius 3 is 2.11 bits per heavy atom. The molecule has 5 heteroatoms. The van der Waals surface area contributed by atoms with Crippen LogP contribution in [0.1, 0.15) is 106 Å². The number of carboxylic acid groups (broad SMARTS) is 2. The molecule has 5 aliphatic rings. The lowest BCUT2D eigenvalue weighted by molar-refractivity contribution is -0.216. The maximum Gasteiger partial charge on any atom is 0.312 e. The van der Waals surface area contributed by atoms with Gasteiger partial charge in [-0.3, -0.25) is 9.59 Å². The van der Waals surface area contributed by atoms with Gasteiger partial charge in [-0.25, -0.2) is 0 Å². The first kappa shape index (κ1) is 25.3. The van der Waals surface area contributed by atoms with Crippen molar-refractivity contribution in [1.29, 1.82) is 0 Å². The van der Waals surface area contributed by atoms with Crippen LogP contribution in [0.4, 0.5) is 0 Å². The van der Waals surface area contributed by atoms with Gasteiger partial charge < -0.3 is 15.3 Å². The molecule has 0 aromatic heterocycles. The van der Waals surface area contributed by atoms with Gasteiger partial charge in [-0.15, -0.1) is 0 Å². The van der Waals surface area contributed by atoms with Gasteiger partial charge in [-0.05, 0) is 117 Å². The zero-order chi connectivity index (χ0) is 25.8. The number of aliphatic hydroxyl groups excluding tert-OH is 1. The highest BCUT2D eigenvalue weighted by Gasteiger charge is 2.69. The van der Waals surface area contributed by atoms with E-state index in [1.807, 2.05) is 6.92 Å². The first-order chi connectivity index (χ1) is 16.1. The summed E-state index contributed by atoms with van der Waals surface area (Å²) in [6.45, 7) is 13.4. The number of aliphatic carboxylic acids is 2. The van der Waals surface area contributed by atoms with E-state index in [0.717, 1.165) is 57.8 Å². The van der Waals surface area contributed by atoms with Crippen molar-refractivity contribution in [3.05, 3.63) is 11.6 Å². The van der Waals surface area contributed by atoms with E-state index in [1.54, 1.807) is 6.92 Å². The highest BCUT2D eigenvalue weighted by atomic mass is 16.4. The second-order valence-electron chi connectivity index (χ2n) is 14.7. The summed E-state index contributed by atoms with van der Waals surface area (Å²) in [5.74, 6) is -0.878. The van der Waals surface area contributed by atoms with Crippen molar-refractivity contribution in [2.75, 3.05) is 0 Å².